The normalized spacial score (nSPS) is 10.8. The molecule has 2 nitrogen and oxygen atoms in total. The van der Waals surface area contributed by atoms with Crippen LogP contribution in [0.2, 0.25) is 5.02 Å². The maximum absolute atomic E-state index is 6.50. The second-order valence-corrected chi connectivity index (χ2v) is 5.94. The summed E-state index contributed by atoms with van der Waals surface area (Å²) in [5, 5.41) is 1.60. The summed E-state index contributed by atoms with van der Waals surface area (Å²) in [6.07, 6.45) is 0.734. The Hall–Kier alpha value is -1.58. The molecule has 0 saturated carbocycles. The molecule has 21 heavy (non-hydrogen) atoms. The highest BCUT2D eigenvalue weighted by molar-refractivity contribution is 9.10. The van der Waals surface area contributed by atoms with Crippen LogP contribution in [0, 0.1) is 0 Å². The molecule has 4 heteroatoms. The molecular weight excluding hydrogens is 350 g/mol. The van der Waals surface area contributed by atoms with Gasteiger partial charge >= 0.3 is 0 Å². The Morgan fingerprint density at radius 1 is 1.10 bits per heavy atom. The van der Waals surface area contributed by atoms with E-state index in [1.165, 1.54) is 5.56 Å². The van der Waals surface area contributed by atoms with Gasteiger partial charge in [-0.05, 0) is 29.7 Å². The molecule has 0 radical (unpaired) electrons. The third-order valence-corrected chi connectivity index (χ3v) is 4.44. The van der Waals surface area contributed by atoms with Crippen molar-refractivity contribution in [1.82, 2.24) is 4.98 Å². The van der Waals surface area contributed by atoms with Crippen LogP contribution in [0.25, 0.3) is 10.9 Å². The Balaban J connectivity index is 2.25. The zero-order chi connectivity index (χ0) is 14.8. The number of methoxy groups -OCH3 is 1. The van der Waals surface area contributed by atoms with Gasteiger partial charge in [0.2, 0.25) is 5.88 Å². The minimum absolute atomic E-state index is 0.466. The molecule has 0 aliphatic rings. The fraction of sp³-hybridized carbons (Fsp3) is 0.118. The highest BCUT2D eigenvalue weighted by Gasteiger charge is 2.16. The Labute approximate surface area is 136 Å². The number of benzene rings is 2. The third-order valence-electron chi connectivity index (χ3n) is 3.39. The predicted octanol–water partition coefficient (Wildman–Crippen LogP) is 5.25. The Morgan fingerprint density at radius 3 is 2.57 bits per heavy atom. The van der Waals surface area contributed by atoms with Gasteiger partial charge in [0.15, 0.2) is 0 Å². The van der Waals surface area contributed by atoms with Crippen molar-refractivity contribution in [2.75, 3.05) is 7.11 Å². The Kier molecular flexibility index (Phi) is 4.13. The van der Waals surface area contributed by atoms with Gasteiger partial charge in [0.05, 0.1) is 12.6 Å². The standard InChI is InChI=1S/C17H13BrClNO/c1-21-17-16(19)12(10-11-6-3-2-4-7-11)15-13(18)8-5-9-14(15)20-17/h2-9H,10H2,1H3. The first-order valence-corrected chi connectivity index (χ1v) is 7.72. The van der Waals surface area contributed by atoms with E-state index in [4.69, 9.17) is 16.3 Å². The van der Waals surface area contributed by atoms with Crippen molar-refractivity contribution in [3.8, 4) is 5.88 Å². The van der Waals surface area contributed by atoms with Crippen molar-refractivity contribution >= 4 is 38.4 Å². The Morgan fingerprint density at radius 2 is 1.86 bits per heavy atom. The molecule has 0 N–H and O–H groups in total. The van der Waals surface area contributed by atoms with E-state index in [1.54, 1.807) is 7.11 Å². The largest absolute Gasteiger partial charge is 0.480 e. The smallest absolute Gasteiger partial charge is 0.233 e. The number of hydrogen-bond donors (Lipinski definition) is 0. The van der Waals surface area contributed by atoms with Crippen molar-refractivity contribution < 1.29 is 4.74 Å². The first-order valence-electron chi connectivity index (χ1n) is 6.55. The molecule has 3 rings (SSSR count). The molecule has 0 aliphatic carbocycles. The van der Waals surface area contributed by atoms with Crippen LogP contribution in [-0.2, 0) is 6.42 Å². The van der Waals surface area contributed by atoms with Crippen molar-refractivity contribution in [2.45, 2.75) is 6.42 Å². The molecule has 3 aromatic rings. The van der Waals surface area contributed by atoms with Crippen LogP contribution in [-0.4, -0.2) is 12.1 Å². The fourth-order valence-corrected chi connectivity index (χ4v) is 3.28. The van der Waals surface area contributed by atoms with E-state index in [0.717, 1.165) is 27.4 Å². The average molecular weight is 363 g/mol. The predicted molar refractivity (Wildman–Crippen MR) is 90.3 cm³/mol. The summed E-state index contributed by atoms with van der Waals surface area (Å²) >= 11 is 10.1. The first-order chi connectivity index (χ1) is 10.2. The molecule has 0 bridgehead atoms. The second kappa shape index (κ2) is 6.04. The lowest BCUT2D eigenvalue weighted by atomic mass is 10.0. The maximum Gasteiger partial charge on any atom is 0.233 e. The minimum atomic E-state index is 0.466. The lowest BCUT2D eigenvalue weighted by Gasteiger charge is -2.13. The summed E-state index contributed by atoms with van der Waals surface area (Å²) in [5.74, 6) is 0.466. The third kappa shape index (κ3) is 2.76. The van der Waals surface area contributed by atoms with E-state index in [0.29, 0.717) is 10.9 Å². The van der Waals surface area contributed by atoms with E-state index < -0.39 is 0 Å². The highest BCUT2D eigenvalue weighted by Crippen LogP contribution is 2.37. The molecule has 0 saturated heterocycles. The first kappa shape index (κ1) is 14.4. The molecule has 2 aromatic carbocycles. The number of nitrogens with zero attached hydrogens (tertiary/aromatic N) is 1. The minimum Gasteiger partial charge on any atom is -0.480 e. The van der Waals surface area contributed by atoms with Gasteiger partial charge in [-0.3, -0.25) is 0 Å². The van der Waals surface area contributed by atoms with Crippen LogP contribution in [0.3, 0.4) is 0 Å². The summed E-state index contributed by atoms with van der Waals surface area (Å²) in [6, 6.07) is 16.2. The van der Waals surface area contributed by atoms with Crippen LogP contribution in [0.4, 0.5) is 0 Å². The van der Waals surface area contributed by atoms with Crippen molar-refractivity contribution in [2.24, 2.45) is 0 Å². The second-order valence-electron chi connectivity index (χ2n) is 4.71. The van der Waals surface area contributed by atoms with Crippen LogP contribution < -0.4 is 4.74 Å². The molecule has 0 atom stereocenters. The number of fused-ring (bicyclic) bond motifs is 1. The zero-order valence-electron chi connectivity index (χ0n) is 11.4. The van der Waals surface area contributed by atoms with Gasteiger partial charge in [-0.15, -0.1) is 0 Å². The summed E-state index contributed by atoms with van der Waals surface area (Å²) in [7, 11) is 1.59. The molecule has 0 unspecified atom stereocenters. The molecule has 0 spiro atoms. The van der Waals surface area contributed by atoms with Gasteiger partial charge in [0.25, 0.3) is 0 Å². The van der Waals surface area contributed by atoms with Gasteiger partial charge < -0.3 is 4.74 Å². The van der Waals surface area contributed by atoms with Crippen LogP contribution >= 0.6 is 27.5 Å². The number of rotatable bonds is 3. The molecule has 0 aliphatic heterocycles. The quantitative estimate of drug-likeness (QED) is 0.635. The van der Waals surface area contributed by atoms with Gasteiger partial charge in [0, 0.05) is 9.86 Å². The van der Waals surface area contributed by atoms with Gasteiger partial charge in [-0.25, -0.2) is 4.98 Å². The number of aromatic nitrogens is 1. The molecule has 1 aromatic heterocycles. The molecule has 0 amide bonds. The van der Waals surface area contributed by atoms with E-state index in [9.17, 15) is 0 Å². The number of hydrogen-bond acceptors (Lipinski definition) is 2. The summed E-state index contributed by atoms with van der Waals surface area (Å²) in [5.41, 5.74) is 3.10. The maximum atomic E-state index is 6.50. The monoisotopic (exact) mass is 361 g/mol. The van der Waals surface area contributed by atoms with Crippen LogP contribution in [0.5, 0.6) is 5.88 Å². The van der Waals surface area contributed by atoms with Crippen LogP contribution in [0.1, 0.15) is 11.1 Å². The topological polar surface area (TPSA) is 22.1 Å². The van der Waals surface area contributed by atoms with Crippen molar-refractivity contribution in [3.05, 3.63) is 69.2 Å². The molecular formula is C17H13BrClNO. The lowest BCUT2D eigenvalue weighted by Crippen LogP contribution is -1.98. The van der Waals surface area contributed by atoms with E-state index in [2.05, 4.69) is 33.0 Å². The van der Waals surface area contributed by atoms with Crippen molar-refractivity contribution in [3.63, 3.8) is 0 Å². The molecule has 1 heterocycles. The molecule has 106 valence electrons. The number of halogens is 2. The zero-order valence-corrected chi connectivity index (χ0v) is 13.8. The van der Waals surface area contributed by atoms with Gasteiger partial charge in [-0.1, -0.05) is 63.9 Å². The van der Waals surface area contributed by atoms with Crippen LogP contribution in [0.15, 0.2) is 53.0 Å². The summed E-state index contributed by atoms with van der Waals surface area (Å²) < 4.78 is 6.30. The van der Waals surface area contributed by atoms with E-state index in [-0.39, 0.29) is 0 Å². The fourth-order valence-electron chi connectivity index (χ4n) is 2.40. The van der Waals surface area contributed by atoms with Gasteiger partial charge in [-0.2, -0.15) is 0 Å². The van der Waals surface area contributed by atoms with Crippen molar-refractivity contribution in [1.29, 1.82) is 0 Å². The summed E-state index contributed by atoms with van der Waals surface area (Å²) in [6.45, 7) is 0. The number of ether oxygens (including phenoxy) is 1. The number of pyridine rings is 1. The SMILES string of the molecule is COc1nc2cccc(Br)c2c(Cc2ccccc2)c1Cl. The Bertz CT molecular complexity index is 790. The lowest BCUT2D eigenvalue weighted by molar-refractivity contribution is 0.399. The van der Waals surface area contributed by atoms with E-state index >= 15 is 0 Å². The van der Waals surface area contributed by atoms with Gasteiger partial charge in [0.1, 0.15) is 5.02 Å². The van der Waals surface area contributed by atoms with E-state index in [1.807, 2.05) is 36.4 Å². The average Bonchev–Trinajstić information content (AvgIpc) is 2.51. The summed E-state index contributed by atoms with van der Waals surface area (Å²) in [4.78, 5) is 4.47. The highest BCUT2D eigenvalue weighted by atomic mass is 79.9. The molecule has 0 fully saturated rings.